The largest absolute Gasteiger partial charge is 0.381 e. The van der Waals surface area contributed by atoms with E-state index in [4.69, 9.17) is 15.5 Å². The Morgan fingerprint density at radius 3 is 2.83 bits per heavy atom. The number of fused-ring (bicyclic) bond motifs is 3. The molecule has 2 aromatic rings. The number of benzene rings is 1. The number of methoxy groups -OCH3 is 1. The van der Waals surface area contributed by atoms with Gasteiger partial charge in [0.2, 0.25) is 0 Å². The zero-order valence-corrected chi connectivity index (χ0v) is 17.8. The van der Waals surface area contributed by atoms with Crippen LogP contribution in [-0.2, 0) is 21.5 Å². The molecule has 1 aromatic heterocycles. The summed E-state index contributed by atoms with van der Waals surface area (Å²) in [5, 5.41) is 2.84. The highest BCUT2D eigenvalue weighted by molar-refractivity contribution is 7.13. The van der Waals surface area contributed by atoms with Gasteiger partial charge in [-0.05, 0) is 49.3 Å². The first kappa shape index (κ1) is 19.6. The molecule has 8 heteroatoms. The Bertz CT molecular complexity index is 1000. The lowest BCUT2D eigenvalue weighted by Gasteiger charge is -2.45. The van der Waals surface area contributed by atoms with Crippen molar-refractivity contribution in [3.63, 3.8) is 0 Å². The summed E-state index contributed by atoms with van der Waals surface area (Å²) in [4.78, 5) is 24.4. The van der Waals surface area contributed by atoms with Crippen LogP contribution < -0.4 is 5.73 Å². The van der Waals surface area contributed by atoms with E-state index < -0.39 is 12.2 Å². The molecule has 30 heavy (non-hydrogen) atoms. The first-order valence-corrected chi connectivity index (χ1v) is 11.2. The number of carbonyl (C=O) groups excluding carboxylic acids is 1. The summed E-state index contributed by atoms with van der Waals surface area (Å²) in [6.45, 7) is -0.711. The lowest BCUT2D eigenvalue weighted by molar-refractivity contribution is -0.138. The average molecular weight is 429 g/mol. The van der Waals surface area contributed by atoms with Gasteiger partial charge in [0.25, 0.3) is 5.91 Å². The molecule has 0 saturated heterocycles. The van der Waals surface area contributed by atoms with Crippen molar-refractivity contribution in [1.29, 1.82) is 0 Å². The standard InChI is InChI=1S/C22H25FN4O2S/c1-29-16-4-6-21(7-5-16)13-15-3-2-14(18-25-9-11-30-18)12-17(15)22(21)19(28)27(10-8-23)20(24)26-22/h2-3,9,11-12,16H,4-8,10,13H2,1H3,(H2,24,26). The summed E-state index contributed by atoms with van der Waals surface area (Å²) in [7, 11) is 1.74. The molecular weight excluding hydrogens is 403 g/mol. The van der Waals surface area contributed by atoms with Gasteiger partial charge >= 0.3 is 0 Å². The van der Waals surface area contributed by atoms with Gasteiger partial charge in [-0.2, -0.15) is 0 Å². The van der Waals surface area contributed by atoms with Gasteiger partial charge in [-0.3, -0.25) is 9.69 Å². The molecule has 1 saturated carbocycles. The van der Waals surface area contributed by atoms with Crippen molar-refractivity contribution in [1.82, 2.24) is 9.88 Å². The number of alkyl halides is 1. The number of amides is 1. The van der Waals surface area contributed by atoms with Gasteiger partial charge in [-0.15, -0.1) is 11.3 Å². The van der Waals surface area contributed by atoms with Gasteiger partial charge in [-0.25, -0.2) is 14.4 Å². The Morgan fingerprint density at radius 1 is 1.37 bits per heavy atom. The van der Waals surface area contributed by atoms with E-state index in [2.05, 4.69) is 23.2 Å². The fourth-order valence-corrected chi connectivity index (χ4v) is 6.30. The minimum Gasteiger partial charge on any atom is -0.381 e. The molecule has 3 aliphatic rings. The number of aromatic nitrogens is 1. The Labute approximate surface area is 179 Å². The van der Waals surface area contributed by atoms with E-state index in [9.17, 15) is 9.18 Å². The maximum absolute atomic E-state index is 13.8. The van der Waals surface area contributed by atoms with Crippen molar-refractivity contribution < 1.29 is 13.9 Å². The van der Waals surface area contributed by atoms with Crippen LogP contribution in [0.4, 0.5) is 4.39 Å². The number of guanidine groups is 1. The van der Waals surface area contributed by atoms with E-state index >= 15 is 0 Å². The Kier molecular flexibility index (Phi) is 4.67. The van der Waals surface area contributed by atoms with E-state index in [1.54, 1.807) is 24.6 Å². The van der Waals surface area contributed by atoms with Crippen LogP contribution in [0.25, 0.3) is 10.6 Å². The van der Waals surface area contributed by atoms with Crippen molar-refractivity contribution in [2.45, 2.75) is 43.7 Å². The molecule has 2 aliphatic carbocycles. The highest BCUT2D eigenvalue weighted by Gasteiger charge is 2.66. The number of ether oxygens (including phenoxy) is 1. The quantitative estimate of drug-likeness (QED) is 0.811. The number of hydrogen-bond acceptors (Lipinski definition) is 6. The molecular formula is C22H25FN4O2S. The van der Waals surface area contributed by atoms with Gasteiger partial charge < -0.3 is 10.5 Å². The number of carbonyl (C=O) groups is 1. The highest BCUT2D eigenvalue weighted by Crippen LogP contribution is 2.62. The molecule has 6 nitrogen and oxygen atoms in total. The molecule has 2 heterocycles. The third-order valence-corrected chi connectivity index (χ3v) is 7.94. The van der Waals surface area contributed by atoms with Crippen molar-refractivity contribution in [3.8, 4) is 10.6 Å². The van der Waals surface area contributed by atoms with E-state index in [-0.39, 0.29) is 29.9 Å². The van der Waals surface area contributed by atoms with Crippen molar-refractivity contribution in [2.75, 3.05) is 20.3 Å². The molecule has 1 aliphatic heterocycles. The molecule has 2 spiro atoms. The maximum Gasteiger partial charge on any atom is 0.262 e. The van der Waals surface area contributed by atoms with Crippen LogP contribution >= 0.6 is 11.3 Å². The monoisotopic (exact) mass is 428 g/mol. The Hall–Kier alpha value is -2.32. The molecule has 1 fully saturated rings. The summed E-state index contributed by atoms with van der Waals surface area (Å²) in [5.74, 6) is -0.0676. The average Bonchev–Trinajstić information content (AvgIpc) is 3.44. The zero-order chi connectivity index (χ0) is 20.9. The normalized spacial score (nSPS) is 30.3. The summed E-state index contributed by atoms with van der Waals surface area (Å²) >= 11 is 1.56. The molecule has 0 radical (unpaired) electrons. The highest BCUT2D eigenvalue weighted by atomic mass is 32.1. The minimum absolute atomic E-state index is 0.0613. The molecule has 1 atom stereocenters. The first-order valence-electron chi connectivity index (χ1n) is 10.3. The second kappa shape index (κ2) is 7.13. The number of nitrogens with zero attached hydrogens (tertiary/aromatic N) is 3. The van der Waals surface area contributed by atoms with Gasteiger partial charge in [0.15, 0.2) is 11.5 Å². The van der Waals surface area contributed by atoms with E-state index in [0.717, 1.165) is 53.8 Å². The number of halogens is 1. The molecule has 1 aromatic carbocycles. The molecule has 1 amide bonds. The van der Waals surface area contributed by atoms with Crippen LogP contribution in [0, 0.1) is 5.41 Å². The fraction of sp³-hybridized carbons (Fsp3) is 0.500. The zero-order valence-electron chi connectivity index (χ0n) is 16.9. The summed E-state index contributed by atoms with van der Waals surface area (Å²) in [5.41, 5.74) is 7.74. The van der Waals surface area contributed by atoms with Crippen LogP contribution in [0.1, 0.15) is 36.8 Å². The predicted molar refractivity (Wildman–Crippen MR) is 114 cm³/mol. The van der Waals surface area contributed by atoms with Gasteiger partial charge in [0.05, 0.1) is 12.6 Å². The SMILES string of the molecule is COC1CCC2(CC1)Cc1ccc(-c3nccs3)cc1C21N=C(N)N(CCF)C1=O. The minimum atomic E-state index is -1.09. The summed E-state index contributed by atoms with van der Waals surface area (Å²) in [6, 6.07) is 6.22. The van der Waals surface area contributed by atoms with Crippen molar-refractivity contribution in [2.24, 2.45) is 16.1 Å². The fourth-order valence-electron chi connectivity index (χ4n) is 5.66. The predicted octanol–water partition coefficient (Wildman–Crippen LogP) is 3.26. The number of aliphatic imine (C=N–C) groups is 1. The van der Waals surface area contributed by atoms with Gasteiger partial charge in [0.1, 0.15) is 11.7 Å². The smallest absolute Gasteiger partial charge is 0.262 e. The lowest BCUT2D eigenvalue weighted by atomic mass is 9.61. The Balaban J connectivity index is 1.67. The van der Waals surface area contributed by atoms with Crippen LogP contribution in [0.2, 0.25) is 0 Å². The number of nitrogens with two attached hydrogens (primary N) is 1. The molecule has 1 unspecified atom stereocenters. The molecule has 0 bridgehead atoms. The van der Waals surface area contributed by atoms with Gasteiger partial charge in [-0.1, -0.05) is 12.1 Å². The van der Waals surface area contributed by atoms with E-state index in [0.29, 0.717) is 0 Å². The van der Waals surface area contributed by atoms with Crippen LogP contribution in [0.15, 0.2) is 34.8 Å². The molecule has 2 N–H and O–H groups in total. The number of thiazole rings is 1. The third-order valence-electron chi connectivity index (χ3n) is 7.12. The van der Waals surface area contributed by atoms with Crippen LogP contribution in [0.5, 0.6) is 0 Å². The summed E-state index contributed by atoms with van der Waals surface area (Å²) < 4.78 is 18.8. The van der Waals surface area contributed by atoms with Crippen molar-refractivity contribution >= 4 is 23.2 Å². The summed E-state index contributed by atoms with van der Waals surface area (Å²) in [6.07, 6.45) is 6.12. The van der Waals surface area contributed by atoms with Gasteiger partial charge in [0, 0.05) is 29.7 Å². The topological polar surface area (TPSA) is 80.8 Å². The second-order valence-corrected chi connectivity index (χ2v) is 9.32. The third kappa shape index (κ3) is 2.59. The van der Waals surface area contributed by atoms with E-state index in [1.165, 1.54) is 4.90 Å². The lowest BCUT2D eigenvalue weighted by Crippen LogP contribution is -2.52. The van der Waals surface area contributed by atoms with Crippen molar-refractivity contribution in [3.05, 3.63) is 40.9 Å². The van der Waals surface area contributed by atoms with E-state index in [1.807, 2.05) is 5.38 Å². The number of rotatable bonds is 4. The van der Waals surface area contributed by atoms with Crippen LogP contribution in [0.3, 0.4) is 0 Å². The molecule has 5 rings (SSSR count). The van der Waals surface area contributed by atoms with Crippen LogP contribution in [-0.4, -0.2) is 48.2 Å². The Morgan fingerprint density at radius 2 is 2.17 bits per heavy atom. The number of hydrogen-bond donors (Lipinski definition) is 1. The molecule has 158 valence electrons. The first-order chi connectivity index (χ1) is 14.5. The second-order valence-electron chi connectivity index (χ2n) is 8.43. The maximum atomic E-state index is 13.8.